The van der Waals surface area contributed by atoms with Crippen LogP contribution in [0.3, 0.4) is 0 Å². The summed E-state index contributed by atoms with van der Waals surface area (Å²) in [5.74, 6) is -1.89. The van der Waals surface area contributed by atoms with Crippen molar-refractivity contribution in [1.29, 1.82) is 0 Å². The summed E-state index contributed by atoms with van der Waals surface area (Å²) >= 11 is 0. The number of alkyl halides is 3. The Labute approximate surface area is 146 Å². The molecule has 0 aliphatic carbocycles. The van der Waals surface area contributed by atoms with Crippen LogP contribution >= 0.6 is 0 Å². The minimum atomic E-state index is -4.94. The number of hydrogen-bond acceptors (Lipinski definition) is 4. The predicted molar refractivity (Wildman–Crippen MR) is 84.3 cm³/mol. The summed E-state index contributed by atoms with van der Waals surface area (Å²) in [7, 11) is 0. The van der Waals surface area contributed by atoms with Gasteiger partial charge in [-0.15, -0.1) is 5.10 Å². The molecule has 140 valence electrons. The Morgan fingerprint density at radius 2 is 2.08 bits per heavy atom. The van der Waals surface area contributed by atoms with Gasteiger partial charge in [-0.25, -0.2) is 9.07 Å². The van der Waals surface area contributed by atoms with Gasteiger partial charge in [-0.2, -0.15) is 13.2 Å². The number of piperidine rings is 1. The topological polar surface area (TPSA) is 71.8 Å². The van der Waals surface area contributed by atoms with Gasteiger partial charge in [0.25, 0.3) is 5.91 Å². The molecular formula is C16H17F4N5O. The summed E-state index contributed by atoms with van der Waals surface area (Å²) in [5, 5.41) is 12.5. The highest BCUT2D eigenvalue weighted by molar-refractivity contribution is 5.93. The highest BCUT2D eigenvalue weighted by atomic mass is 19.4. The molecule has 2 aromatic rings. The minimum Gasteiger partial charge on any atom is -0.346 e. The van der Waals surface area contributed by atoms with E-state index < -0.39 is 35.0 Å². The molecule has 10 heteroatoms. The first kappa shape index (κ1) is 18.3. The fourth-order valence-corrected chi connectivity index (χ4v) is 2.96. The number of aromatic nitrogens is 3. The first-order valence-corrected chi connectivity index (χ1v) is 8.11. The van der Waals surface area contributed by atoms with Crippen LogP contribution < -0.4 is 10.6 Å². The smallest absolute Gasteiger partial charge is 0.346 e. The van der Waals surface area contributed by atoms with E-state index in [0.29, 0.717) is 11.1 Å². The van der Waals surface area contributed by atoms with Gasteiger partial charge in [0.1, 0.15) is 11.5 Å². The van der Waals surface area contributed by atoms with E-state index >= 15 is 0 Å². The van der Waals surface area contributed by atoms with Gasteiger partial charge in [-0.1, -0.05) is 17.3 Å². The summed E-state index contributed by atoms with van der Waals surface area (Å²) in [4.78, 5) is 12.4. The molecule has 0 radical (unpaired) electrons. The Kier molecular flexibility index (Phi) is 4.94. The van der Waals surface area contributed by atoms with E-state index in [1.165, 1.54) is 12.1 Å². The number of nitrogens with zero attached hydrogens (tertiary/aromatic N) is 3. The second-order valence-electron chi connectivity index (χ2n) is 6.11. The van der Waals surface area contributed by atoms with Gasteiger partial charge in [0.15, 0.2) is 11.4 Å². The number of rotatable bonds is 3. The molecule has 2 heterocycles. The molecule has 1 amide bonds. The van der Waals surface area contributed by atoms with Crippen LogP contribution in [-0.2, 0) is 6.18 Å². The maximum Gasteiger partial charge on any atom is 0.435 e. The molecule has 0 spiro atoms. The molecule has 1 aromatic carbocycles. The van der Waals surface area contributed by atoms with Crippen molar-refractivity contribution in [2.75, 3.05) is 6.54 Å². The van der Waals surface area contributed by atoms with Crippen molar-refractivity contribution >= 4 is 5.91 Å². The summed E-state index contributed by atoms with van der Waals surface area (Å²) in [5.41, 5.74) is -2.71. The van der Waals surface area contributed by atoms with Crippen LogP contribution in [0.15, 0.2) is 24.3 Å². The number of para-hydroxylation sites is 1. The summed E-state index contributed by atoms with van der Waals surface area (Å²) in [6.07, 6.45) is -3.50. The zero-order valence-electron chi connectivity index (χ0n) is 13.8. The van der Waals surface area contributed by atoms with Crippen LogP contribution in [0.4, 0.5) is 17.6 Å². The Morgan fingerprint density at radius 3 is 2.73 bits per heavy atom. The fraction of sp³-hybridized carbons (Fsp3) is 0.438. The summed E-state index contributed by atoms with van der Waals surface area (Å²) < 4.78 is 54.9. The predicted octanol–water partition coefficient (Wildman–Crippen LogP) is 2.30. The number of amides is 1. The van der Waals surface area contributed by atoms with Crippen molar-refractivity contribution in [2.24, 2.45) is 0 Å². The number of benzene rings is 1. The van der Waals surface area contributed by atoms with Gasteiger partial charge in [-0.3, -0.25) is 4.79 Å². The van der Waals surface area contributed by atoms with E-state index in [9.17, 15) is 22.4 Å². The fourth-order valence-electron chi connectivity index (χ4n) is 2.96. The molecule has 0 bridgehead atoms. The number of carbonyl (C=O) groups excluding carboxylic acids is 1. The zero-order chi connectivity index (χ0) is 18.9. The number of nitrogens with one attached hydrogen (secondary N) is 2. The van der Waals surface area contributed by atoms with Crippen LogP contribution in [0, 0.1) is 5.82 Å². The van der Waals surface area contributed by atoms with Crippen LogP contribution in [0.5, 0.6) is 0 Å². The zero-order valence-corrected chi connectivity index (χ0v) is 13.8. The highest BCUT2D eigenvalue weighted by Gasteiger charge is 2.42. The molecule has 1 aliphatic rings. The summed E-state index contributed by atoms with van der Waals surface area (Å²) in [6, 6.07) is 4.45. The molecule has 1 fully saturated rings. The molecule has 0 saturated carbocycles. The third-order valence-corrected chi connectivity index (χ3v) is 4.31. The lowest BCUT2D eigenvalue weighted by Crippen LogP contribution is -2.52. The Hall–Kier alpha value is -2.49. The number of halogens is 4. The third-order valence-electron chi connectivity index (χ3n) is 4.31. The minimum absolute atomic E-state index is 0.0800. The molecule has 2 N–H and O–H groups in total. The van der Waals surface area contributed by atoms with Crippen molar-refractivity contribution in [3.05, 3.63) is 41.5 Å². The molecule has 26 heavy (non-hydrogen) atoms. The van der Waals surface area contributed by atoms with E-state index in [1.807, 2.05) is 6.92 Å². The van der Waals surface area contributed by atoms with Crippen molar-refractivity contribution in [3.63, 3.8) is 0 Å². The standard InChI is InChI=1S/C16H17F4N5O/c1-9-11(6-4-8-21-9)22-15(26)13-14(16(18,19)20)25(24-23-13)12-7-3-2-5-10(12)17/h2-3,5,7,9,11,21H,4,6,8H2,1H3,(H,22,26). The van der Waals surface area contributed by atoms with Crippen molar-refractivity contribution in [2.45, 2.75) is 38.0 Å². The van der Waals surface area contributed by atoms with Crippen LogP contribution in [0.1, 0.15) is 35.9 Å². The maximum atomic E-state index is 13.9. The lowest BCUT2D eigenvalue weighted by atomic mass is 10.00. The lowest BCUT2D eigenvalue weighted by molar-refractivity contribution is -0.143. The van der Waals surface area contributed by atoms with Crippen LogP contribution in [0.2, 0.25) is 0 Å². The normalized spacial score (nSPS) is 20.8. The molecule has 1 saturated heterocycles. The van der Waals surface area contributed by atoms with E-state index in [1.54, 1.807) is 0 Å². The Balaban J connectivity index is 1.97. The van der Waals surface area contributed by atoms with E-state index in [-0.39, 0.29) is 12.1 Å². The van der Waals surface area contributed by atoms with E-state index in [0.717, 1.165) is 25.1 Å². The monoisotopic (exact) mass is 371 g/mol. The first-order valence-electron chi connectivity index (χ1n) is 8.11. The average molecular weight is 371 g/mol. The Bertz CT molecular complexity index is 804. The van der Waals surface area contributed by atoms with Gasteiger partial charge in [0.2, 0.25) is 0 Å². The third kappa shape index (κ3) is 3.55. The molecule has 2 atom stereocenters. The van der Waals surface area contributed by atoms with E-state index in [4.69, 9.17) is 0 Å². The largest absolute Gasteiger partial charge is 0.435 e. The van der Waals surface area contributed by atoms with Gasteiger partial charge in [-0.05, 0) is 38.4 Å². The van der Waals surface area contributed by atoms with Gasteiger partial charge in [0, 0.05) is 12.1 Å². The average Bonchev–Trinajstić information content (AvgIpc) is 3.02. The van der Waals surface area contributed by atoms with Gasteiger partial charge < -0.3 is 10.6 Å². The maximum absolute atomic E-state index is 13.9. The molecular weight excluding hydrogens is 354 g/mol. The molecule has 1 aliphatic heterocycles. The molecule has 6 nitrogen and oxygen atoms in total. The second-order valence-corrected chi connectivity index (χ2v) is 6.11. The van der Waals surface area contributed by atoms with E-state index in [2.05, 4.69) is 20.9 Å². The highest BCUT2D eigenvalue weighted by Crippen LogP contribution is 2.33. The van der Waals surface area contributed by atoms with Crippen molar-refractivity contribution in [1.82, 2.24) is 25.6 Å². The van der Waals surface area contributed by atoms with Crippen molar-refractivity contribution < 1.29 is 22.4 Å². The molecule has 2 unspecified atom stereocenters. The van der Waals surface area contributed by atoms with Crippen LogP contribution in [-0.4, -0.2) is 39.5 Å². The van der Waals surface area contributed by atoms with Crippen molar-refractivity contribution in [3.8, 4) is 5.69 Å². The van der Waals surface area contributed by atoms with Gasteiger partial charge in [0.05, 0.1) is 0 Å². The molecule has 3 rings (SSSR count). The van der Waals surface area contributed by atoms with Crippen LogP contribution in [0.25, 0.3) is 5.69 Å². The summed E-state index contributed by atoms with van der Waals surface area (Å²) in [6.45, 7) is 2.62. The number of carbonyl (C=O) groups is 1. The SMILES string of the molecule is CC1NCCCC1NC(=O)c1nnn(-c2ccccc2F)c1C(F)(F)F. The second kappa shape index (κ2) is 7.02. The quantitative estimate of drug-likeness (QED) is 0.813. The van der Waals surface area contributed by atoms with Gasteiger partial charge >= 0.3 is 6.18 Å². The first-order chi connectivity index (χ1) is 12.3. The lowest BCUT2D eigenvalue weighted by Gasteiger charge is -2.30. The number of hydrogen-bond donors (Lipinski definition) is 2. The Morgan fingerprint density at radius 1 is 1.35 bits per heavy atom. The molecule has 1 aromatic heterocycles.